The van der Waals surface area contributed by atoms with Crippen LogP contribution in [0, 0.1) is 12.7 Å². The van der Waals surface area contributed by atoms with Crippen molar-refractivity contribution in [1.82, 2.24) is 0 Å². The number of hydrogen-bond acceptors (Lipinski definition) is 3. The Kier molecular flexibility index (Phi) is 4.14. The first-order valence-electron chi connectivity index (χ1n) is 7.16. The number of nitrogens with two attached hydrogens (primary N) is 1. The third-order valence-corrected chi connectivity index (χ3v) is 4.36. The molecule has 3 nitrogen and oxygen atoms in total. The Bertz CT molecular complexity index is 712. The van der Waals surface area contributed by atoms with E-state index in [1.165, 1.54) is 12.1 Å². The average molecular weight is 318 g/mol. The molecule has 2 aromatic rings. The standard InChI is InChI=1S/C17H17ClFN3/c1-11-15(18)3-2-4-16(11)22-17(9-14(10-20)21-22)12-5-7-13(19)8-6-12/h2-8,17H,9-10,20H2,1H3. The van der Waals surface area contributed by atoms with E-state index >= 15 is 0 Å². The van der Waals surface area contributed by atoms with Crippen LogP contribution in [0.5, 0.6) is 0 Å². The zero-order valence-electron chi connectivity index (χ0n) is 12.3. The first kappa shape index (κ1) is 15.0. The van der Waals surface area contributed by atoms with Crippen molar-refractivity contribution in [2.75, 3.05) is 11.6 Å². The molecule has 22 heavy (non-hydrogen) atoms. The minimum Gasteiger partial charge on any atom is -0.325 e. The van der Waals surface area contributed by atoms with Gasteiger partial charge in [0.2, 0.25) is 0 Å². The molecule has 1 atom stereocenters. The summed E-state index contributed by atoms with van der Waals surface area (Å²) in [6.07, 6.45) is 0.730. The Morgan fingerprint density at radius 2 is 2.00 bits per heavy atom. The van der Waals surface area contributed by atoms with E-state index in [-0.39, 0.29) is 11.9 Å². The van der Waals surface area contributed by atoms with Crippen LogP contribution in [0.25, 0.3) is 0 Å². The van der Waals surface area contributed by atoms with E-state index < -0.39 is 0 Å². The summed E-state index contributed by atoms with van der Waals surface area (Å²) >= 11 is 6.23. The molecule has 0 radical (unpaired) electrons. The Hall–Kier alpha value is -1.91. The van der Waals surface area contributed by atoms with Gasteiger partial charge in [-0.3, -0.25) is 5.01 Å². The molecule has 0 aliphatic carbocycles. The number of hydrazone groups is 1. The van der Waals surface area contributed by atoms with Gasteiger partial charge in [0.05, 0.1) is 17.4 Å². The van der Waals surface area contributed by atoms with Gasteiger partial charge in [0.1, 0.15) is 5.82 Å². The van der Waals surface area contributed by atoms with Gasteiger partial charge >= 0.3 is 0 Å². The third-order valence-electron chi connectivity index (χ3n) is 3.95. The highest BCUT2D eigenvalue weighted by Gasteiger charge is 2.29. The second-order valence-corrected chi connectivity index (χ2v) is 5.78. The number of hydrogen-bond donors (Lipinski definition) is 1. The minimum absolute atomic E-state index is 0.0105. The van der Waals surface area contributed by atoms with Crippen LogP contribution in [0.15, 0.2) is 47.6 Å². The van der Waals surface area contributed by atoms with E-state index in [0.29, 0.717) is 11.6 Å². The molecule has 0 saturated carbocycles. The fourth-order valence-corrected chi connectivity index (χ4v) is 2.88. The maximum atomic E-state index is 13.2. The molecule has 0 saturated heterocycles. The van der Waals surface area contributed by atoms with E-state index in [9.17, 15) is 4.39 Å². The lowest BCUT2D eigenvalue weighted by Gasteiger charge is -2.26. The molecular formula is C17H17ClFN3. The van der Waals surface area contributed by atoms with E-state index in [0.717, 1.165) is 28.9 Å². The van der Waals surface area contributed by atoms with Crippen LogP contribution in [0.4, 0.5) is 10.1 Å². The molecular weight excluding hydrogens is 301 g/mol. The Morgan fingerprint density at radius 1 is 1.27 bits per heavy atom. The lowest BCUT2D eigenvalue weighted by atomic mass is 10.0. The van der Waals surface area contributed by atoms with Crippen molar-refractivity contribution in [1.29, 1.82) is 0 Å². The highest BCUT2D eigenvalue weighted by Crippen LogP contribution is 2.38. The smallest absolute Gasteiger partial charge is 0.123 e. The topological polar surface area (TPSA) is 41.6 Å². The molecule has 114 valence electrons. The van der Waals surface area contributed by atoms with Crippen LogP contribution >= 0.6 is 11.6 Å². The largest absolute Gasteiger partial charge is 0.325 e. The number of nitrogens with zero attached hydrogens (tertiary/aromatic N) is 2. The molecule has 3 rings (SSSR count). The van der Waals surface area contributed by atoms with Crippen LogP contribution < -0.4 is 10.7 Å². The molecule has 2 N–H and O–H groups in total. The van der Waals surface area contributed by atoms with Crippen LogP contribution in [0.2, 0.25) is 5.02 Å². The summed E-state index contributed by atoms with van der Waals surface area (Å²) in [5, 5.41) is 7.27. The van der Waals surface area contributed by atoms with Gasteiger partial charge in [-0.1, -0.05) is 29.8 Å². The van der Waals surface area contributed by atoms with Gasteiger partial charge in [0.25, 0.3) is 0 Å². The molecule has 1 aliphatic rings. The lowest BCUT2D eigenvalue weighted by molar-refractivity contribution is 0.624. The predicted molar refractivity (Wildman–Crippen MR) is 88.9 cm³/mol. The van der Waals surface area contributed by atoms with E-state index in [2.05, 4.69) is 5.10 Å². The van der Waals surface area contributed by atoms with E-state index in [4.69, 9.17) is 17.3 Å². The van der Waals surface area contributed by atoms with Gasteiger partial charge in [0, 0.05) is 18.0 Å². The van der Waals surface area contributed by atoms with E-state index in [1.54, 1.807) is 12.1 Å². The zero-order valence-corrected chi connectivity index (χ0v) is 13.0. The van der Waals surface area contributed by atoms with Gasteiger partial charge in [-0.2, -0.15) is 5.10 Å². The SMILES string of the molecule is Cc1c(Cl)cccc1N1N=C(CN)CC1c1ccc(F)cc1. The summed E-state index contributed by atoms with van der Waals surface area (Å²) in [7, 11) is 0. The van der Waals surface area contributed by atoms with Crippen molar-refractivity contribution in [3.63, 3.8) is 0 Å². The molecule has 5 heteroatoms. The highest BCUT2D eigenvalue weighted by molar-refractivity contribution is 6.31. The Balaban J connectivity index is 2.03. The third kappa shape index (κ3) is 2.72. The van der Waals surface area contributed by atoms with Crippen LogP contribution in [-0.4, -0.2) is 12.3 Å². The first-order valence-corrected chi connectivity index (χ1v) is 7.54. The van der Waals surface area contributed by atoms with E-state index in [1.807, 2.05) is 30.1 Å². The van der Waals surface area contributed by atoms with Crippen molar-refractivity contribution in [3.05, 3.63) is 64.4 Å². The zero-order chi connectivity index (χ0) is 15.7. The predicted octanol–water partition coefficient (Wildman–Crippen LogP) is 4.05. The quantitative estimate of drug-likeness (QED) is 0.927. The number of rotatable bonds is 3. The highest BCUT2D eigenvalue weighted by atomic mass is 35.5. The number of benzene rings is 2. The van der Waals surface area contributed by atoms with Gasteiger partial charge in [-0.25, -0.2) is 4.39 Å². The molecule has 0 fully saturated rings. The summed E-state index contributed by atoms with van der Waals surface area (Å²) < 4.78 is 13.2. The fraction of sp³-hybridized carbons (Fsp3) is 0.235. The molecule has 0 spiro atoms. The van der Waals surface area contributed by atoms with Crippen molar-refractivity contribution >= 4 is 23.0 Å². The maximum Gasteiger partial charge on any atom is 0.123 e. The number of anilines is 1. The molecule has 0 aromatic heterocycles. The normalized spacial score (nSPS) is 17.7. The minimum atomic E-state index is -0.243. The summed E-state index contributed by atoms with van der Waals surface area (Å²) in [6, 6.07) is 12.3. The second-order valence-electron chi connectivity index (χ2n) is 5.37. The summed E-state index contributed by atoms with van der Waals surface area (Å²) in [6.45, 7) is 2.38. The van der Waals surface area contributed by atoms with Gasteiger partial charge < -0.3 is 5.73 Å². The number of halogens is 2. The molecule has 1 heterocycles. The fourth-order valence-electron chi connectivity index (χ4n) is 2.71. The first-order chi connectivity index (χ1) is 10.6. The monoisotopic (exact) mass is 317 g/mol. The maximum absolute atomic E-state index is 13.2. The van der Waals surface area contributed by atoms with Gasteiger partial charge in [0.15, 0.2) is 0 Å². The molecule has 2 aromatic carbocycles. The van der Waals surface area contributed by atoms with Crippen LogP contribution in [0.3, 0.4) is 0 Å². The molecule has 0 bridgehead atoms. The summed E-state index contributed by atoms with van der Waals surface area (Å²) in [4.78, 5) is 0. The van der Waals surface area contributed by atoms with Crippen LogP contribution in [0.1, 0.15) is 23.6 Å². The Morgan fingerprint density at radius 3 is 2.68 bits per heavy atom. The Labute approximate surface area is 134 Å². The molecule has 1 aliphatic heterocycles. The second kappa shape index (κ2) is 6.07. The molecule has 1 unspecified atom stereocenters. The van der Waals surface area contributed by atoms with Crippen molar-refractivity contribution in [2.45, 2.75) is 19.4 Å². The van der Waals surface area contributed by atoms with Gasteiger partial charge in [-0.05, 0) is 42.3 Å². The molecule has 0 amide bonds. The van der Waals surface area contributed by atoms with Crippen molar-refractivity contribution in [2.24, 2.45) is 10.8 Å². The van der Waals surface area contributed by atoms with Crippen molar-refractivity contribution < 1.29 is 4.39 Å². The van der Waals surface area contributed by atoms with Crippen molar-refractivity contribution in [3.8, 4) is 0 Å². The lowest BCUT2D eigenvalue weighted by Crippen LogP contribution is -2.19. The average Bonchev–Trinajstić information content (AvgIpc) is 2.95. The van der Waals surface area contributed by atoms with Crippen LogP contribution in [-0.2, 0) is 0 Å². The summed E-state index contributed by atoms with van der Waals surface area (Å²) in [5.74, 6) is -0.243. The summed E-state index contributed by atoms with van der Waals surface area (Å²) in [5.41, 5.74) is 9.62. The van der Waals surface area contributed by atoms with Gasteiger partial charge in [-0.15, -0.1) is 0 Å².